The molecule has 3 aromatic carbocycles. The second kappa shape index (κ2) is 7.41. The normalized spacial score (nSPS) is 10.4. The van der Waals surface area contributed by atoms with Crippen LogP contribution in [0.5, 0.6) is 5.75 Å². The Morgan fingerprint density at radius 3 is 1.92 bits per heavy atom. The number of rotatable bonds is 4. The average molecular weight is 351 g/mol. The Kier molecular flexibility index (Phi) is 5.05. The second-order valence-corrected chi connectivity index (χ2v) is 5.60. The molecule has 0 spiro atoms. The summed E-state index contributed by atoms with van der Waals surface area (Å²) in [6.07, 6.45) is 0. The summed E-state index contributed by atoms with van der Waals surface area (Å²) in [5.74, 6) is 0.882. The molecule has 0 bridgehead atoms. The Morgan fingerprint density at radius 2 is 1.36 bits per heavy atom. The molecular formula is C21H19ClN2O. The first kappa shape index (κ1) is 17.1. The maximum atomic E-state index is 5.51. The SMILES string of the molecule is CCOc1ccc(Nc2c3ccccc3nc3ccccc23)cc1.Cl. The van der Waals surface area contributed by atoms with Crippen LogP contribution in [-0.2, 0) is 0 Å². The van der Waals surface area contributed by atoms with Crippen molar-refractivity contribution >= 4 is 45.6 Å². The van der Waals surface area contributed by atoms with Gasteiger partial charge >= 0.3 is 0 Å². The molecule has 0 aliphatic rings. The van der Waals surface area contributed by atoms with Gasteiger partial charge in [0.15, 0.2) is 0 Å². The number of anilines is 2. The molecule has 0 radical (unpaired) electrons. The van der Waals surface area contributed by atoms with Gasteiger partial charge < -0.3 is 10.1 Å². The smallest absolute Gasteiger partial charge is 0.119 e. The lowest BCUT2D eigenvalue weighted by molar-refractivity contribution is 0.340. The van der Waals surface area contributed by atoms with Crippen molar-refractivity contribution in [3.05, 3.63) is 72.8 Å². The minimum absolute atomic E-state index is 0. The van der Waals surface area contributed by atoms with Crippen molar-refractivity contribution < 1.29 is 4.74 Å². The van der Waals surface area contributed by atoms with Gasteiger partial charge in [-0.15, -0.1) is 12.4 Å². The van der Waals surface area contributed by atoms with Gasteiger partial charge in [-0.1, -0.05) is 36.4 Å². The van der Waals surface area contributed by atoms with Gasteiger partial charge in [0.2, 0.25) is 0 Å². The van der Waals surface area contributed by atoms with Crippen LogP contribution in [0.3, 0.4) is 0 Å². The highest BCUT2D eigenvalue weighted by atomic mass is 35.5. The molecule has 0 aliphatic heterocycles. The molecule has 0 fully saturated rings. The summed E-state index contributed by atoms with van der Waals surface area (Å²) < 4.78 is 5.51. The summed E-state index contributed by atoms with van der Waals surface area (Å²) in [6.45, 7) is 2.66. The van der Waals surface area contributed by atoms with E-state index in [1.54, 1.807) is 0 Å². The molecule has 1 N–H and O–H groups in total. The number of nitrogens with zero attached hydrogens (tertiary/aromatic N) is 1. The van der Waals surface area contributed by atoms with Gasteiger partial charge in [-0.2, -0.15) is 0 Å². The number of hydrogen-bond acceptors (Lipinski definition) is 3. The third-order valence-electron chi connectivity index (χ3n) is 4.02. The molecule has 0 saturated heterocycles. The van der Waals surface area contributed by atoms with E-state index in [0.29, 0.717) is 6.61 Å². The summed E-state index contributed by atoms with van der Waals surface area (Å²) in [5.41, 5.74) is 4.09. The lowest BCUT2D eigenvalue weighted by Crippen LogP contribution is -1.96. The number of hydrogen-bond donors (Lipinski definition) is 1. The van der Waals surface area contributed by atoms with E-state index in [1.807, 2.05) is 67.6 Å². The molecule has 1 aromatic heterocycles. The van der Waals surface area contributed by atoms with Crippen molar-refractivity contribution in [3.8, 4) is 5.75 Å². The molecule has 3 nitrogen and oxygen atoms in total. The molecule has 0 aliphatic carbocycles. The van der Waals surface area contributed by atoms with Crippen LogP contribution >= 0.6 is 12.4 Å². The third kappa shape index (κ3) is 3.37. The number of halogens is 1. The summed E-state index contributed by atoms with van der Waals surface area (Å²) in [6, 6.07) is 24.5. The first-order valence-corrected chi connectivity index (χ1v) is 8.12. The largest absolute Gasteiger partial charge is 0.494 e. The highest BCUT2D eigenvalue weighted by Crippen LogP contribution is 2.33. The van der Waals surface area contributed by atoms with Crippen LogP contribution in [0.15, 0.2) is 72.8 Å². The van der Waals surface area contributed by atoms with Gasteiger partial charge in [0.1, 0.15) is 5.75 Å². The quantitative estimate of drug-likeness (QED) is 0.461. The number of fused-ring (bicyclic) bond motifs is 2. The number of nitrogens with one attached hydrogen (secondary N) is 1. The minimum atomic E-state index is 0. The van der Waals surface area contributed by atoms with E-state index in [9.17, 15) is 0 Å². The van der Waals surface area contributed by atoms with E-state index in [1.165, 1.54) is 0 Å². The fourth-order valence-electron chi connectivity index (χ4n) is 2.92. The van der Waals surface area contributed by atoms with E-state index < -0.39 is 0 Å². The van der Waals surface area contributed by atoms with E-state index >= 15 is 0 Å². The maximum absolute atomic E-state index is 5.51. The molecule has 126 valence electrons. The molecule has 4 heteroatoms. The van der Waals surface area contributed by atoms with Gasteiger partial charge in [0.25, 0.3) is 0 Å². The molecular weight excluding hydrogens is 332 g/mol. The molecule has 25 heavy (non-hydrogen) atoms. The Morgan fingerprint density at radius 1 is 0.800 bits per heavy atom. The van der Waals surface area contributed by atoms with Gasteiger partial charge in [-0.25, -0.2) is 4.98 Å². The van der Waals surface area contributed by atoms with Crippen LogP contribution in [0, 0.1) is 0 Å². The van der Waals surface area contributed by atoms with Crippen molar-refractivity contribution in [2.24, 2.45) is 0 Å². The Balaban J connectivity index is 0.00000182. The zero-order valence-corrected chi connectivity index (χ0v) is 14.7. The van der Waals surface area contributed by atoms with Crippen LogP contribution in [0.2, 0.25) is 0 Å². The molecule has 4 rings (SSSR count). The molecule has 0 atom stereocenters. The van der Waals surface area contributed by atoms with E-state index in [2.05, 4.69) is 17.4 Å². The summed E-state index contributed by atoms with van der Waals surface area (Å²) in [5, 5.41) is 5.80. The summed E-state index contributed by atoms with van der Waals surface area (Å²) in [4.78, 5) is 4.76. The van der Waals surface area contributed by atoms with Crippen LogP contribution in [0.4, 0.5) is 11.4 Å². The minimum Gasteiger partial charge on any atom is -0.494 e. The van der Waals surface area contributed by atoms with Crippen LogP contribution in [-0.4, -0.2) is 11.6 Å². The topological polar surface area (TPSA) is 34.1 Å². The first-order chi connectivity index (χ1) is 11.8. The fraction of sp³-hybridized carbons (Fsp3) is 0.0952. The molecule has 0 amide bonds. The first-order valence-electron chi connectivity index (χ1n) is 8.12. The van der Waals surface area contributed by atoms with Gasteiger partial charge in [0.05, 0.1) is 23.3 Å². The molecule has 4 aromatic rings. The lowest BCUT2D eigenvalue weighted by Gasteiger charge is -2.13. The van der Waals surface area contributed by atoms with Gasteiger partial charge in [0, 0.05) is 16.5 Å². The zero-order chi connectivity index (χ0) is 16.4. The van der Waals surface area contributed by atoms with Crippen molar-refractivity contribution in [2.75, 3.05) is 11.9 Å². The molecule has 0 saturated carbocycles. The number of benzene rings is 3. The number of ether oxygens (including phenoxy) is 1. The zero-order valence-electron chi connectivity index (χ0n) is 13.9. The van der Waals surface area contributed by atoms with Crippen molar-refractivity contribution in [2.45, 2.75) is 6.92 Å². The summed E-state index contributed by atoms with van der Waals surface area (Å²) >= 11 is 0. The van der Waals surface area contributed by atoms with Crippen LogP contribution < -0.4 is 10.1 Å². The Hall–Kier alpha value is -2.78. The highest BCUT2D eigenvalue weighted by molar-refractivity contribution is 6.08. The van der Waals surface area contributed by atoms with Crippen LogP contribution in [0.25, 0.3) is 21.8 Å². The van der Waals surface area contributed by atoms with Crippen molar-refractivity contribution in [3.63, 3.8) is 0 Å². The van der Waals surface area contributed by atoms with Crippen LogP contribution in [0.1, 0.15) is 6.92 Å². The summed E-state index contributed by atoms with van der Waals surface area (Å²) in [7, 11) is 0. The maximum Gasteiger partial charge on any atom is 0.119 e. The van der Waals surface area contributed by atoms with E-state index in [-0.39, 0.29) is 12.4 Å². The number of pyridine rings is 1. The van der Waals surface area contributed by atoms with Gasteiger partial charge in [-0.05, 0) is 43.3 Å². The predicted octanol–water partition coefficient (Wildman–Crippen LogP) is 5.95. The van der Waals surface area contributed by atoms with Crippen molar-refractivity contribution in [1.29, 1.82) is 0 Å². The monoisotopic (exact) mass is 350 g/mol. The molecule has 0 unspecified atom stereocenters. The third-order valence-corrected chi connectivity index (χ3v) is 4.02. The predicted molar refractivity (Wildman–Crippen MR) is 107 cm³/mol. The average Bonchev–Trinajstić information content (AvgIpc) is 2.63. The number of aromatic nitrogens is 1. The van der Waals surface area contributed by atoms with E-state index in [4.69, 9.17) is 9.72 Å². The second-order valence-electron chi connectivity index (χ2n) is 5.60. The Labute approximate surface area is 153 Å². The fourth-order valence-corrected chi connectivity index (χ4v) is 2.92. The van der Waals surface area contributed by atoms with E-state index in [0.717, 1.165) is 38.9 Å². The van der Waals surface area contributed by atoms with Gasteiger partial charge in [-0.3, -0.25) is 0 Å². The lowest BCUT2D eigenvalue weighted by atomic mass is 10.1. The number of para-hydroxylation sites is 2. The van der Waals surface area contributed by atoms with Crippen molar-refractivity contribution in [1.82, 2.24) is 4.98 Å². The Bertz CT molecular complexity index is 945. The highest BCUT2D eigenvalue weighted by Gasteiger charge is 2.08. The molecule has 1 heterocycles. The standard InChI is InChI=1S/C21H18N2O.ClH/c1-2-24-16-13-11-15(12-14-16)22-21-17-7-3-5-9-19(17)23-20-10-6-4-8-18(20)21;/h3-14H,2H2,1H3,(H,22,23);1H.